The van der Waals surface area contributed by atoms with Crippen LogP contribution in [0.5, 0.6) is 5.75 Å². The molecule has 2 rings (SSSR count). The van der Waals surface area contributed by atoms with E-state index in [1.807, 2.05) is 25.1 Å². The van der Waals surface area contributed by atoms with E-state index in [1.54, 1.807) is 14.2 Å². The van der Waals surface area contributed by atoms with Crippen LogP contribution in [0.4, 0.5) is 0 Å². The van der Waals surface area contributed by atoms with Crippen LogP contribution in [0.2, 0.25) is 0 Å². The van der Waals surface area contributed by atoms with Crippen LogP contribution in [-0.4, -0.2) is 16.7 Å². The van der Waals surface area contributed by atoms with E-state index in [-0.39, 0.29) is 0 Å². The first-order valence-corrected chi connectivity index (χ1v) is 6.25. The standard InChI is InChI=1S/C15H15N3O2/c1-4-10-5-6-13(20-3)12(7-10)14-11(8-16)9-18(2)15(19)17-14/h5-7,9H,4H2,1-3H3. The molecule has 5 nitrogen and oxygen atoms in total. The average Bonchev–Trinajstić information content (AvgIpc) is 2.48. The SMILES string of the molecule is CCc1ccc(OC)c(-c2nc(=O)n(C)cc2C#N)c1. The van der Waals surface area contributed by atoms with Crippen LogP contribution in [0.1, 0.15) is 18.1 Å². The van der Waals surface area contributed by atoms with Crippen LogP contribution in [-0.2, 0) is 13.5 Å². The van der Waals surface area contributed by atoms with Crippen molar-refractivity contribution in [1.29, 1.82) is 5.26 Å². The number of benzene rings is 1. The number of aryl methyl sites for hydroxylation is 2. The first-order chi connectivity index (χ1) is 9.60. The second-order valence-electron chi connectivity index (χ2n) is 4.40. The molecule has 0 fully saturated rings. The summed E-state index contributed by atoms with van der Waals surface area (Å²) in [4.78, 5) is 15.7. The Kier molecular flexibility index (Phi) is 3.85. The molecule has 0 spiro atoms. The molecular formula is C15H15N3O2. The lowest BCUT2D eigenvalue weighted by Gasteiger charge is -2.11. The molecule has 0 aliphatic carbocycles. The van der Waals surface area contributed by atoms with Crippen LogP contribution in [0.15, 0.2) is 29.2 Å². The monoisotopic (exact) mass is 269 g/mol. The topological polar surface area (TPSA) is 67.9 Å². The Balaban J connectivity index is 2.76. The molecule has 0 amide bonds. The molecule has 0 aliphatic rings. The normalized spacial score (nSPS) is 10.1. The maximum atomic E-state index is 11.7. The molecule has 0 N–H and O–H groups in total. The van der Waals surface area contributed by atoms with E-state index in [9.17, 15) is 10.1 Å². The van der Waals surface area contributed by atoms with Crippen LogP contribution in [0, 0.1) is 11.3 Å². The van der Waals surface area contributed by atoms with Gasteiger partial charge in [0.2, 0.25) is 0 Å². The van der Waals surface area contributed by atoms with Crippen molar-refractivity contribution in [2.24, 2.45) is 7.05 Å². The molecule has 2 aromatic rings. The van der Waals surface area contributed by atoms with Crippen molar-refractivity contribution >= 4 is 0 Å². The third-order valence-electron chi connectivity index (χ3n) is 3.13. The maximum absolute atomic E-state index is 11.7. The van der Waals surface area contributed by atoms with Gasteiger partial charge in [-0.15, -0.1) is 0 Å². The molecule has 1 aromatic carbocycles. The highest BCUT2D eigenvalue weighted by Gasteiger charge is 2.14. The van der Waals surface area contributed by atoms with Gasteiger partial charge in [0.1, 0.15) is 11.8 Å². The first-order valence-electron chi connectivity index (χ1n) is 6.25. The van der Waals surface area contributed by atoms with Crippen molar-refractivity contribution in [3.63, 3.8) is 0 Å². The number of methoxy groups -OCH3 is 1. The van der Waals surface area contributed by atoms with Crippen molar-refractivity contribution in [2.75, 3.05) is 7.11 Å². The Hall–Kier alpha value is -2.61. The third kappa shape index (κ3) is 2.41. The molecule has 0 aliphatic heterocycles. The number of hydrogen-bond acceptors (Lipinski definition) is 4. The largest absolute Gasteiger partial charge is 0.496 e. The van der Waals surface area contributed by atoms with Crippen molar-refractivity contribution in [1.82, 2.24) is 9.55 Å². The van der Waals surface area contributed by atoms with Gasteiger partial charge in [0.25, 0.3) is 0 Å². The summed E-state index contributed by atoms with van der Waals surface area (Å²) < 4.78 is 6.60. The maximum Gasteiger partial charge on any atom is 0.347 e. The van der Waals surface area contributed by atoms with Gasteiger partial charge in [-0.2, -0.15) is 10.2 Å². The predicted molar refractivity (Wildman–Crippen MR) is 75.6 cm³/mol. The summed E-state index contributed by atoms with van der Waals surface area (Å²) in [6, 6.07) is 7.76. The molecule has 1 heterocycles. The molecule has 5 heteroatoms. The summed E-state index contributed by atoms with van der Waals surface area (Å²) in [6.45, 7) is 2.04. The molecule has 0 unspecified atom stereocenters. The van der Waals surface area contributed by atoms with Crippen LogP contribution < -0.4 is 10.4 Å². The van der Waals surface area contributed by atoms with Crippen molar-refractivity contribution in [2.45, 2.75) is 13.3 Å². The highest BCUT2D eigenvalue weighted by atomic mass is 16.5. The highest BCUT2D eigenvalue weighted by molar-refractivity contribution is 5.72. The van der Waals surface area contributed by atoms with E-state index < -0.39 is 5.69 Å². The van der Waals surface area contributed by atoms with Crippen molar-refractivity contribution < 1.29 is 4.74 Å². The fourth-order valence-corrected chi connectivity index (χ4v) is 1.99. The van der Waals surface area contributed by atoms with Gasteiger partial charge >= 0.3 is 5.69 Å². The summed E-state index contributed by atoms with van der Waals surface area (Å²) in [5.74, 6) is 0.597. The summed E-state index contributed by atoms with van der Waals surface area (Å²) >= 11 is 0. The minimum Gasteiger partial charge on any atom is -0.496 e. The Morgan fingerprint density at radius 2 is 2.20 bits per heavy atom. The smallest absolute Gasteiger partial charge is 0.347 e. The fraction of sp³-hybridized carbons (Fsp3) is 0.267. The first kappa shape index (κ1) is 13.8. The van der Waals surface area contributed by atoms with E-state index in [1.165, 1.54) is 10.8 Å². The Bertz CT molecular complexity index is 742. The summed E-state index contributed by atoms with van der Waals surface area (Å²) in [7, 11) is 3.12. The summed E-state index contributed by atoms with van der Waals surface area (Å²) in [5.41, 5.74) is 2.07. The molecule has 0 bridgehead atoms. The zero-order chi connectivity index (χ0) is 14.7. The van der Waals surface area contributed by atoms with E-state index in [0.29, 0.717) is 22.6 Å². The lowest BCUT2D eigenvalue weighted by Crippen LogP contribution is -2.21. The Morgan fingerprint density at radius 3 is 2.80 bits per heavy atom. The predicted octanol–water partition coefficient (Wildman–Crippen LogP) is 1.89. The molecular weight excluding hydrogens is 254 g/mol. The molecule has 102 valence electrons. The van der Waals surface area contributed by atoms with Crippen molar-refractivity contribution in [3.8, 4) is 23.1 Å². The van der Waals surface area contributed by atoms with Gasteiger partial charge in [-0.1, -0.05) is 13.0 Å². The van der Waals surface area contributed by atoms with Gasteiger partial charge in [0, 0.05) is 18.8 Å². The van der Waals surface area contributed by atoms with E-state index >= 15 is 0 Å². The number of aromatic nitrogens is 2. The summed E-state index contributed by atoms with van der Waals surface area (Å²) in [6.07, 6.45) is 2.34. The lowest BCUT2D eigenvalue weighted by atomic mass is 10.0. The zero-order valence-electron chi connectivity index (χ0n) is 11.7. The Morgan fingerprint density at radius 1 is 1.45 bits per heavy atom. The fourth-order valence-electron chi connectivity index (χ4n) is 1.99. The van der Waals surface area contributed by atoms with Crippen LogP contribution >= 0.6 is 0 Å². The van der Waals surface area contributed by atoms with E-state index in [0.717, 1.165) is 12.0 Å². The number of nitrogens with zero attached hydrogens (tertiary/aromatic N) is 3. The van der Waals surface area contributed by atoms with Crippen molar-refractivity contribution in [3.05, 3.63) is 46.0 Å². The third-order valence-corrected chi connectivity index (χ3v) is 3.13. The second kappa shape index (κ2) is 5.57. The van der Waals surface area contributed by atoms with Gasteiger partial charge in [-0.3, -0.25) is 0 Å². The minimum atomic E-state index is -0.400. The zero-order valence-corrected chi connectivity index (χ0v) is 11.7. The molecule has 0 atom stereocenters. The number of nitriles is 1. The molecule has 1 aromatic heterocycles. The number of hydrogen-bond donors (Lipinski definition) is 0. The molecule has 0 saturated heterocycles. The van der Waals surface area contributed by atoms with Gasteiger partial charge in [0.05, 0.1) is 18.4 Å². The molecule has 0 saturated carbocycles. The molecule has 20 heavy (non-hydrogen) atoms. The van der Waals surface area contributed by atoms with E-state index in [4.69, 9.17) is 4.74 Å². The lowest BCUT2D eigenvalue weighted by molar-refractivity contribution is 0.416. The molecule has 0 radical (unpaired) electrons. The highest BCUT2D eigenvalue weighted by Crippen LogP contribution is 2.31. The van der Waals surface area contributed by atoms with Gasteiger partial charge in [-0.05, 0) is 24.1 Å². The average molecular weight is 269 g/mol. The quantitative estimate of drug-likeness (QED) is 0.853. The summed E-state index contributed by atoms with van der Waals surface area (Å²) in [5, 5.41) is 9.24. The van der Waals surface area contributed by atoms with E-state index in [2.05, 4.69) is 11.1 Å². The van der Waals surface area contributed by atoms with Crippen LogP contribution in [0.3, 0.4) is 0 Å². The number of rotatable bonds is 3. The Labute approximate surface area is 117 Å². The van der Waals surface area contributed by atoms with Crippen LogP contribution in [0.25, 0.3) is 11.3 Å². The van der Waals surface area contributed by atoms with Gasteiger partial charge in [0.15, 0.2) is 0 Å². The van der Waals surface area contributed by atoms with Gasteiger partial charge < -0.3 is 9.30 Å². The van der Waals surface area contributed by atoms with Gasteiger partial charge in [-0.25, -0.2) is 4.79 Å². The number of ether oxygens (including phenoxy) is 1. The minimum absolute atomic E-state index is 0.346. The second-order valence-corrected chi connectivity index (χ2v) is 4.40.